The molecular formula is C18H21KO5S. The smallest absolute Gasteiger partial charge is 0.872 e. The van der Waals surface area contributed by atoms with Crippen molar-refractivity contribution in [2.45, 2.75) is 43.9 Å². The summed E-state index contributed by atoms with van der Waals surface area (Å²) in [7, 11) is -4.23. The normalized spacial score (nSPS) is 11.0. The van der Waals surface area contributed by atoms with Crippen molar-refractivity contribution in [3.8, 4) is 17.2 Å². The number of hydrogen-bond acceptors (Lipinski definition) is 4. The molecule has 7 heteroatoms. The Hall–Kier alpha value is -0.414. The number of unbranched alkanes of at least 4 members (excludes halogenated alkanes) is 3. The van der Waals surface area contributed by atoms with Crippen molar-refractivity contribution in [2.24, 2.45) is 0 Å². The fourth-order valence-electron chi connectivity index (χ4n) is 2.42. The third-order valence-corrected chi connectivity index (χ3v) is 4.59. The molecule has 130 valence electrons. The van der Waals surface area contributed by atoms with Crippen LogP contribution >= 0.6 is 0 Å². The molecule has 1 N–H and O–H groups in total. The fourth-order valence-corrected chi connectivity index (χ4v) is 2.90. The summed E-state index contributed by atoms with van der Waals surface area (Å²) in [6.07, 6.45) is 4.90. The first-order valence-corrected chi connectivity index (χ1v) is 9.40. The zero-order valence-corrected chi connectivity index (χ0v) is 18.5. The summed E-state index contributed by atoms with van der Waals surface area (Å²) >= 11 is 0. The molecule has 0 aromatic heterocycles. The molecule has 0 amide bonds. The second-order valence-electron chi connectivity index (χ2n) is 5.59. The Morgan fingerprint density at radius 3 is 2.32 bits per heavy atom. The van der Waals surface area contributed by atoms with Crippen LogP contribution in [-0.2, 0) is 16.5 Å². The van der Waals surface area contributed by atoms with E-state index in [0.717, 1.165) is 25.7 Å². The van der Waals surface area contributed by atoms with Crippen LogP contribution < -0.4 is 61.2 Å². The van der Waals surface area contributed by atoms with E-state index < -0.39 is 10.1 Å². The standard InChI is InChI=1S/C18H22O5S.K/c1-2-3-4-5-7-16-17(19)8-6-9-18(16)23-14-10-12-15(13-11-14)24(20,21)22;/h6,8-13,19H,2-5,7H2,1H3,(H,20,21,22);/q;+1/p-1. The summed E-state index contributed by atoms with van der Waals surface area (Å²) in [5, 5.41) is 12.1. The molecule has 2 aromatic carbocycles. The third kappa shape index (κ3) is 7.01. The first kappa shape index (κ1) is 22.6. The van der Waals surface area contributed by atoms with Gasteiger partial charge in [-0.25, -0.2) is 0 Å². The van der Waals surface area contributed by atoms with Gasteiger partial charge in [-0.1, -0.05) is 38.3 Å². The molecule has 0 heterocycles. The summed E-state index contributed by atoms with van der Waals surface area (Å²) in [6, 6.07) is 10.3. The molecule has 25 heavy (non-hydrogen) atoms. The summed E-state index contributed by atoms with van der Waals surface area (Å²) < 4.78 is 36.8. The first-order valence-electron chi connectivity index (χ1n) is 7.96. The van der Waals surface area contributed by atoms with Crippen molar-refractivity contribution in [3.63, 3.8) is 0 Å². The monoisotopic (exact) mass is 388 g/mol. The van der Waals surface area contributed by atoms with Gasteiger partial charge >= 0.3 is 51.4 Å². The van der Waals surface area contributed by atoms with Gasteiger partial charge in [-0.3, -0.25) is 4.55 Å². The Morgan fingerprint density at radius 1 is 1.04 bits per heavy atom. The maximum atomic E-state index is 12.1. The molecule has 0 saturated heterocycles. The largest absolute Gasteiger partial charge is 1.00 e. The van der Waals surface area contributed by atoms with Crippen LogP contribution in [0.4, 0.5) is 0 Å². The summed E-state index contributed by atoms with van der Waals surface area (Å²) in [6.45, 7) is 2.13. The zero-order valence-electron chi connectivity index (χ0n) is 14.6. The van der Waals surface area contributed by atoms with Gasteiger partial charge in [0.2, 0.25) is 0 Å². The van der Waals surface area contributed by atoms with Crippen molar-refractivity contribution in [2.75, 3.05) is 0 Å². The molecule has 0 aliphatic rings. The fraction of sp³-hybridized carbons (Fsp3) is 0.333. The van der Waals surface area contributed by atoms with Crippen molar-refractivity contribution in [1.82, 2.24) is 0 Å². The molecule has 0 aliphatic heterocycles. The topological polar surface area (TPSA) is 86.7 Å². The van der Waals surface area contributed by atoms with Gasteiger partial charge in [0.25, 0.3) is 10.1 Å². The summed E-state index contributed by atoms with van der Waals surface area (Å²) in [5.74, 6) is 0.833. The minimum absolute atomic E-state index is 0. The van der Waals surface area contributed by atoms with Gasteiger partial charge in [-0.2, -0.15) is 8.42 Å². The molecule has 0 saturated carbocycles. The number of ether oxygens (including phenoxy) is 1. The van der Waals surface area contributed by atoms with E-state index in [1.807, 2.05) is 0 Å². The molecule has 0 aliphatic carbocycles. The molecule has 0 spiro atoms. The van der Waals surface area contributed by atoms with E-state index in [9.17, 15) is 13.5 Å². The molecule has 0 radical (unpaired) electrons. The van der Waals surface area contributed by atoms with Gasteiger partial charge in [0.05, 0.1) is 4.90 Å². The van der Waals surface area contributed by atoms with E-state index in [-0.39, 0.29) is 62.0 Å². The predicted octanol–water partition coefficient (Wildman–Crippen LogP) is 0.926. The Kier molecular flexibility index (Phi) is 9.65. The van der Waals surface area contributed by atoms with Gasteiger partial charge in [-0.05, 0) is 48.7 Å². The maximum Gasteiger partial charge on any atom is 1.00 e. The second-order valence-corrected chi connectivity index (χ2v) is 7.01. The SMILES string of the molecule is CCCCCCc1c([O-])cccc1Oc1ccc(S(=O)(=O)O)cc1.[K+]. The van der Waals surface area contributed by atoms with Gasteiger partial charge in [-0.15, -0.1) is 5.75 Å². The molecule has 2 aromatic rings. The van der Waals surface area contributed by atoms with Crippen LogP contribution in [0, 0.1) is 0 Å². The van der Waals surface area contributed by atoms with Gasteiger partial charge < -0.3 is 9.84 Å². The molecular weight excluding hydrogens is 367 g/mol. The molecule has 0 unspecified atom stereocenters. The van der Waals surface area contributed by atoms with Gasteiger partial charge in [0, 0.05) is 0 Å². The van der Waals surface area contributed by atoms with Crippen LogP contribution in [0.3, 0.4) is 0 Å². The van der Waals surface area contributed by atoms with Crippen molar-refractivity contribution < 1.29 is 74.2 Å². The van der Waals surface area contributed by atoms with Crippen molar-refractivity contribution in [1.29, 1.82) is 0 Å². The van der Waals surface area contributed by atoms with E-state index in [4.69, 9.17) is 9.29 Å². The van der Waals surface area contributed by atoms with E-state index >= 15 is 0 Å². The third-order valence-electron chi connectivity index (χ3n) is 3.72. The average molecular weight is 389 g/mol. The van der Waals surface area contributed by atoms with E-state index in [1.54, 1.807) is 12.1 Å². The first-order chi connectivity index (χ1) is 11.4. The van der Waals surface area contributed by atoms with Crippen molar-refractivity contribution in [3.05, 3.63) is 48.0 Å². The Bertz CT molecular complexity index is 773. The average Bonchev–Trinajstić information content (AvgIpc) is 2.53. The van der Waals surface area contributed by atoms with Crippen LogP contribution in [-0.4, -0.2) is 13.0 Å². The molecule has 5 nitrogen and oxygen atoms in total. The minimum atomic E-state index is -4.23. The summed E-state index contributed by atoms with van der Waals surface area (Å²) in [4.78, 5) is -0.202. The number of benzene rings is 2. The predicted molar refractivity (Wildman–Crippen MR) is 90.1 cm³/mol. The van der Waals surface area contributed by atoms with E-state index in [1.165, 1.54) is 30.3 Å². The summed E-state index contributed by atoms with van der Waals surface area (Å²) in [5.41, 5.74) is 0.632. The van der Waals surface area contributed by atoms with Gasteiger partial charge in [0.1, 0.15) is 11.5 Å². The van der Waals surface area contributed by atoms with Crippen LogP contribution in [0.15, 0.2) is 47.4 Å². The van der Waals surface area contributed by atoms with E-state index in [0.29, 0.717) is 23.5 Å². The van der Waals surface area contributed by atoms with Crippen LogP contribution in [0.5, 0.6) is 17.2 Å². The molecule has 0 atom stereocenters. The molecule has 0 fully saturated rings. The van der Waals surface area contributed by atoms with Crippen LogP contribution in [0.25, 0.3) is 0 Å². The molecule has 0 bridgehead atoms. The Labute approximate surface area is 191 Å². The maximum absolute atomic E-state index is 12.1. The van der Waals surface area contributed by atoms with Gasteiger partial charge in [0.15, 0.2) is 0 Å². The van der Waals surface area contributed by atoms with Crippen LogP contribution in [0.2, 0.25) is 0 Å². The minimum Gasteiger partial charge on any atom is -0.872 e. The Balaban J connectivity index is 0.00000312. The Morgan fingerprint density at radius 2 is 1.72 bits per heavy atom. The van der Waals surface area contributed by atoms with Crippen LogP contribution in [0.1, 0.15) is 38.2 Å². The number of rotatable bonds is 8. The zero-order chi connectivity index (χ0) is 17.6. The molecule has 2 rings (SSSR count). The van der Waals surface area contributed by atoms with E-state index in [2.05, 4.69) is 6.92 Å². The second kappa shape index (κ2) is 10.7. The number of hydrogen-bond donors (Lipinski definition) is 1. The quantitative estimate of drug-likeness (QED) is 0.413. The van der Waals surface area contributed by atoms with Crippen molar-refractivity contribution >= 4 is 10.1 Å².